The van der Waals surface area contributed by atoms with Gasteiger partial charge in [-0.3, -0.25) is 4.68 Å². The minimum absolute atomic E-state index is 0.0102. The monoisotopic (exact) mass is 312 g/mol. The molecule has 0 saturated heterocycles. The molecule has 108 valence electrons. The first-order valence-corrected chi connectivity index (χ1v) is 7.40. The molecule has 1 atom stereocenters. The molecule has 20 heavy (non-hydrogen) atoms. The van der Waals surface area contributed by atoms with Crippen LogP contribution in [0.5, 0.6) is 0 Å². The summed E-state index contributed by atoms with van der Waals surface area (Å²) >= 11 is 12.6. The lowest BCUT2D eigenvalue weighted by molar-refractivity contribution is 0.517. The van der Waals surface area contributed by atoms with Gasteiger partial charge in [0.25, 0.3) is 0 Å². The molecule has 1 N–H and O–H groups in total. The van der Waals surface area contributed by atoms with Crippen LogP contribution in [0.15, 0.2) is 24.5 Å². The van der Waals surface area contributed by atoms with E-state index in [-0.39, 0.29) is 6.04 Å². The molecule has 1 aromatic heterocycles. The molecule has 2 rings (SSSR count). The summed E-state index contributed by atoms with van der Waals surface area (Å²) in [4.78, 5) is 4.33. The summed E-state index contributed by atoms with van der Waals surface area (Å²) in [5.74, 6) is 0.933. The van der Waals surface area contributed by atoms with Gasteiger partial charge in [-0.2, -0.15) is 5.10 Å². The standard InChI is InChI=1S/C14H18Cl2N4/c1-3-7-20-13(18-9-19-20)8-12(17-2)14-10(15)5-4-6-11(14)16/h4-6,9,12,17H,3,7-8H2,1-2H3. The number of halogens is 2. The van der Waals surface area contributed by atoms with Crippen LogP contribution in [-0.4, -0.2) is 21.8 Å². The van der Waals surface area contributed by atoms with Crippen molar-refractivity contribution in [3.05, 3.63) is 46.0 Å². The zero-order valence-corrected chi connectivity index (χ0v) is 13.1. The minimum atomic E-state index is 0.0102. The Labute approximate surface area is 129 Å². The highest BCUT2D eigenvalue weighted by Gasteiger charge is 2.19. The third-order valence-corrected chi connectivity index (χ3v) is 3.87. The van der Waals surface area contributed by atoms with Gasteiger partial charge < -0.3 is 5.32 Å². The molecule has 0 aliphatic rings. The van der Waals surface area contributed by atoms with Gasteiger partial charge in [0.05, 0.1) is 0 Å². The van der Waals surface area contributed by atoms with Crippen LogP contribution in [0, 0.1) is 0 Å². The van der Waals surface area contributed by atoms with Gasteiger partial charge in [-0.05, 0) is 25.6 Å². The lowest BCUT2D eigenvalue weighted by Gasteiger charge is -2.19. The van der Waals surface area contributed by atoms with Crippen molar-refractivity contribution in [1.82, 2.24) is 20.1 Å². The molecular weight excluding hydrogens is 295 g/mol. The van der Waals surface area contributed by atoms with Crippen molar-refractivity contribution in [3.8, 4) is 0 Å². The van der Waals surface area contributed by atoms with Gasteiger partial charge in [0.2, 0.25) is 0 Å². The third-order valence-electron chi connectivity index (χ3n) is 3.21. The maximum atomic E-state index is 6.28. The zero-order chi connectivity index (χ0) is 14.5. The molecule has 0 aliphatic heterocycles. The molecule has 0 bridgehead atoms. The number of aromatic nitrogens is 3. The maximum absolute atomic E-state index is 6.28. The van der Waals surface area contributed by atoms with Gasteiger partial charge in [-0.1, -0.05) is 36.2 Å². The van der Waals surface area contributed by atoms with Crippen molar-refractivity contribution in [3.63, 3.8) is 0 Å². The summed E-state index contributed by atoms with van der Waals surface area (Å²) in [6.45, 7) is 2.98. The van der Waals surface area contributed by atoms with Crippen molar-refractivity contribution in [1.29, 1.82) is 0 Å². The van der Waals surface area contributed by atoms with Crippen LogP contribution in [0.1, 0.15) is 30.8 Å². The normalized spacial score (nSPS) is 12.6. The predicted octanol–water partition coefficient (Wildman–Crippen LogP) is 3.50. The second-order valence-electron chi connectivity index (χ2n) is 4.58. The first-order valence-electron chi connectivity index (χ1n) is 6.65. The average Bonchev–Trinajstić information content (AvgIpc) is 2.85. The number of hydrogen-bond acceptors (Lipinski definition) is 3. The van der Waals surface area contributed by atoms with Gasteiger partial charge in [0.15, 0.2) is 0 Å². The number of aryl methyl sites for hydroxylation is 1. The van der Waals surface area contributed by atoms with Crippen LogP contribution in [0.25, 0.3) is 0 Å². The van der Waals surface area contributed by atoms with Crippen LogP contribution in [-0.2, 0) is 13.0 Å². The third kappa shape index (κ3) is 3.32. The molecule has 0 aliphatic carbocycles. The fraction of sp³-hybridized carbons (Fsp3) is 0.429. The highest BCUT2D eigenvalue weighted by Crippen LogP contribution is 2.31. The molecule has 1 heterocycles. The number of hydrogen-bond donors (Lipinski definition) is 1. The van der Waals surface area contributed by atoms with E-state index in [4.69, 9.17) is 23.2 Å². The molecule has 4 nitrogen and oxygen atoms in total. The van der Waals surface area contributed by atoms with Crippen molar-refractivity contribution in [2.75, 3.05) is 7.05 Å². The minimum Gasteiger partial charge on any atom is -0.313 e. The van der Waals surface area contributed by atoms with E-state index >= 15 is 0 Å². The number of nitrogens with one attached hydrogen (secondary N) is 1. The Morgan fingerprint density at radius 2 is 2.00 bits per heavy atom. The molecule has 1 aromatic carbocycles. The smallest absolute Gasteiger partial charge is 0.138 e. The molecule has 0 fully saturated rings. The van der Waals surface area contributed by atoms with E-state index in [0.29, 0.717) is 16.5 Å². The van der Waals surface area contributed by atoms with Crippen molar-refractivity contribution >= 4 is 23.2 Å². The van der Waals surface area contributed by atoms with Gasteiger partial charge in [-0.15, -0.1) is 0 Å². The van der Waals surface area contributed by atoms with E-state index in [1.165, 1.54) is 0 Å². The first-order chi connectivity index (χ1) is 9.67. The number of rotatable bonds is 6. The summed E-state index contributed by atoms with van der Waals surface area (Å²) in [6, 6.07) is 5.56. The van der Waals surface area contributed by atoms with E-state index in [1.807, 2.05) is 29.9 Å². The first kappa shape index (κ1) is 15.3. The summed E-state index contributed by atoms with van der Waals surface area (Å²) in [5.41, 5.74) is 0.907. The predicted molar refractivity (Wildman–Crippen MR) is 82.3 cm³/mol. The van der Waals surface area contributed by atoms with Crippen molar-refractivity contribution in [2.45, 2.75) is 32.4 Å². The number of likely N-dealkylation sites (N-methyl/N-ethyl adjacent to an activating group) is 1. The lowest BCUT2D eigenvalue weighted by atomic mass is 10.0. The molecule has 0 amide bonds. The van der Waals surface area contributed by atoms with E-state index in [1.54, 1.807) is 6.33 Å². The molecular formula is C14H18Cl2N4. The molecule has 0 saturated carbocycles. The quantitative estimate of drug-likeness (QED) is 0.887. The van der Waals surface area contributed by atoms with Gasteiger partial charge in [-0.25, -0.2) is 4.98 Å². The van der Waals surface area contributed by atoms with Gasteiger partial charge in [0.1, 0.15) is 12.2 Å². The Bertz CT molecular complexity index is 548. The van der Waals surface area contributed by atoms with E-state index < -0.39 is 0 Å². The SMILES string of the molecule is CCCn1ncnc1CC(NC)c1c(Cl)cccc1Cl. The lowest BCUT2D eigenvalue weighted by Crippen LogP contribution is -2.22. The fourth-order valence-electron chi connectivity index (χ4n) is 2.22. The summed E-state index contributed by atoms with van der Waals surface area (Å²) in [7, 11) is 1.89. The van der Waals surface area contributed by atoms with Crippen LogP contribution < -0.4 is 5.32 Å². The second kappa shape index (κ2) is 7.07. The van der Waals surface area contributed by atoms with Crippen molar-refractivity contribution in [2.24, 2.45) is 0 Å². The van der Waals surface area contributed by atoms with Crippen LogP contribution in [0.4, 0.5) is 0 Å². The Morgan fingerprint density at radius 1 is 1.30 bits per heavy atom. The zero-order valence-electron chi connectivity index (χ0n) is 11.6. The Morgan fingerprint density at radius 3 is 2.60 bits per heavy atom. The summed E-state index contributed by atoms with van der Waals surface area (Å²) in [6.07, 6.45) is 3.30. The van der Waals surface area contributed by atoms with Gasteiger partial charge >= 0.3 is 0 Å². The number of benzene rings is 1. The van der Waals surface area contributed by atoms with E-state index in [9.17, 15) is 0 Å². The van der Waals surface area contributed by atoms with Crippen LogP contribution >= 0.6 is 23.2 Å². The average molecular weight is 313 g/mol. The Hall–Kier alpha value is -1.10. The highest BCUT2D eigenvalue weighted by atomic mass is 35.5. The maximum Gasteiger partial charge on any atom is 0.138 e. The van der Waals surface area contributed by atoms with E-state index in [0.717, 1.165) is 24.4 Å². The van der Waals surface area contributed by atoms with Gasteiger partial charge in [0, 0.05) is 34.6 Å². The number of nitrogens with zero attached hydrogens (tertiary/aromatic N) is 3. The molecule has 0 radical (unpaired) electrons. The van der Waals surface area contributed by atoms with Crippen molar-refractivity contribution < 1.29 is 0 Å². The highest BCUT2D eigenvalue weighted by molar-refractivity contribution is 6.36. The Balaban J connectivity index is 2.27. The fourth-order valence-corrected chi connectivity index (χ4v) is 2.88. The largest absolute Gasteiger partial charge is 0.313 e. The molecule has 0 spiro atoms. The van der Waals surface area contributed by atoms with Crippen LogP contribution in [0.3, 0.4) is 0 Å². The second-order valence-corrected chi connectivity index (χ2v) is 5.39. The summed E-state index contributed by atoms with van der Waals surface area (Å²) in [5, 5.41) is 8.83. The molecule has 1 unspecified atom stereocenters. The molecule has 6 heteroatoms. The summed E-state index contributed by atoms with van der Waals surface area (Å²) < 4.78 is 1.93. The Kier molecular flexibility index (Phi) is 5.40. The van der Waals surface area contributed by atoms with Crippen LogP contribution in [0.2, 0.25) is 10.0 Å². The topological polar surface area (TPSA) is 42.7 Å². The molecule has 2 aromatic rings. The van der Waals surface area contributed by atoms with E-state index in [2.05, 4.69) is 22.3 Å².